The lowest BCUT2D eigenvalue weighted by atomic mass is 10.2. The molecule has 0 aliphatic heterocycles. The van der Waals surface area contributed by atoms with Crippen LogP contribution in [-0.4, -0.2) is 8.42 Å². The van der Waals surface area contributed by atoms with Crippen LogP contribution in [0.15, 0.2) is 56.3 Å². The third kappa shape index (κ3) is 3.91. The molecular formula is C14H11Br2O2S. The van der Waals surface area contributed by atoms with Crippen molar-refractivity contribution >= 4 is 41.7 Å². The first kappa shape index (κ1) is 14.8. The summed E-state index contributed by atoms with van der Waals surface area (Å²) in [4.78, 5) is 0.300. The molecule has 0 aliphatic rings. The van der Waals surface area contributed by atoms with Gasteiger partial charge in [-0.05, 0) is 42.8 Å². The smallest absolute Gasteiger partial charge is 0.187 e. The van der Waals surface area contributed by atoms with Gasteiger partial charge in [-0.1, -0.05) is 49.6 Å². The Labute approximate surface area is 130 Å². The van der Waals surface area contributed by atoms with Crippen LogP contribution in [0.1, 0.15) is 11.1 Å². The van der Waals surface area contributed by atoms with Crippen LogP contribution in [0.25, 0.3) is 0 Å². The molecule has 0 fully saturated rings. The van der Waals surface area contributed by atoms with E-state index in [1.165, 1.54) is 5.75 Å². The van der Waals surface area contributed by atoms with Crippen molar-refractivity contribution in [2.75, 3.05) is 0 Å². The standard InChI is InChI=1S/C14H11Br2O2S/c1-10-2-4-14(5-3-10)19(17,18)9-11-6-12(15)8-13(16)7-11/h2-9H,1H3. The summed E-state index contributed by atoms with van der Waals surface area (Å²) < 4.78 is 26.2. The number of hydrogen-bond donors (Lipinski definition) is 0. The van der Waals surface area contributed by atoms with Gasteiger partial charge in [0.05, 0.1) is 4.90 Å². The predicted molar refractivity (Wildman–Crippen MR) is 83.6 cm³/mol. The van der Waals surface area contributed by atoms with Crippen LogP contribution in [0.2, 0.25) is 0 Å². The summed E-state index contributed by atoms with van der Waals surface area (Å²) in [5.41, 5.74) is 1.66. The Bertz CT molecular complexity index is 672. The van der Waals surface area contributed by atoms with Gasteiger partial charge in [-0.15, -0.1) is 0 Å². The van der Waals surface area contributed by atoms with Gasteiger partial charge in [0.15, 0.2) is 9.84 Å². The monoisotopic (exact) mass is 401 g/mol. The lowest BCUT2D eigenvalue weighted by Gasteiger charge is -2.06. The van der Waals surface area contributed by atoms with Crippen LogP contribution in [0, 0.1) is 12.7 Å². The maximum Gasteiger partial charge on any atom is 0.187 e. The average molecular weight is 403 g/mol. The highest BCUT2D eigenvalue weighted by molar-refractivity contribution is 9.11. The second kappa shape index (κ2) is 5.77. The molecule has 0 aromatic heterocycles. The second-order valence-electron chi connectivity index (χ2n) is 4.18. The number of sulfone groups is 1. The maximum atomic E-state index is 12.2. The van der Waals surface area contributed by atoms with Crippen molar-refractivity contribution < 1.29 is 8.42 Å². The Morgan fingerprint density at radius 2 is 1.47 bits per heavy atom. The van der Waals surface area contributed by atoms with E-state index >= 15 is 0 Å². The molecule has 2 aromatic carbocycles. The van der Waals surface area contributed by atoms with E-state index in [9.17, 15) is 8.42 Å². The summed E-state index contributed by atoms with van der Waals surface area (Å²) in [5, 5.41) is 0. The molecule has 2 aromatic rings. The van der Waals surface area contributed by atoms with E-state index < -0.39 is 9.84 Å². The van der Waals surface area contributed by atoms with Crippen molar-refractivity contribution in [1.29, 1.82) is 0 Å². The van der Waals surface area contributed by atoms with Crippen molar-refractivity contribution in [3.63, 3.8) is 0 Å². The Kier molecular flexibility index (Phi) is 4.48. The van der Waals surface area contributed by atoms with Crippen LogP contribution in [0.3, 0.4) is 0 Å². The Hall–Kier alpha value is -0.650. The first-order valence-corrected chi connectivity index (χ1v) is 8.63. The topological polar surface area (TPSA) is 34.1 Å². The summed E-state index contributed by atoms with van der Waals surface area (Å²) in [6.45, 7) is 1.92. The molecule has 0 aliphatic carbocycles. The average Bonchev–Trinajstić information content (AvgIpc) is 2.27. The zero-order valence-corrected chi connectivity index (χ0v) is 14.1. The summed E-state index contributed by atoms with van der Waals surface area (Å²) in [7, 11) is -3.43. The number of hydrogen-bond acceptors (Lipinski definition) is 2. The molecule has 0 N–H and O–H groups in total. The van der Waals surface area contributed by atoms with Crippen molar-refractivity contribution in [3.8, 4) is 0 Å². The number of halogens is 2. The van der Waals surface area contributed by atoms with Gasteiger partial charge in [0.2, 0.25) is 0 Å². The fourth-order valence-electron chi connectivity index (χ4n) is 1.62. The number of rotatable bonds is 3. The minimum atomic E-state index is -3.43. The molecule has 0 unspecified atom stereocenters. The van der Waals surface area contributed by atoms with E-state index in [1.54, 1.807) is 36.4 Å². The van der Waals surface area contributed by atoms with Crippen LogP contribution >= 0.6 is 31.9 Å². The molecule has 5 heteroatoms. The highest BCUT2D eigenvalue weighted by atomic mass is 79.9. The summed E-state index contributed by atoms with van der Waals surface area (Å²) in [6, 6.07) is 12.2. The SMILES string of the molecule is Cc1ccc(S(=O)(=O)[CH]c2cc(Br)cc(Br)c2)cc1. The van der Waals surface area contributed by atoms with Crippen LogP contribution in [-0.2, 0) is 9.84 Å². The Morgan fingerprint density at radius 3 is 2.00 bits per heavy atom. The number of benzene rings is 2. The lowest BCUT2D eigenvalue weighted by Crippen LogP contribution is -2.02. The summed E-state index contributed by atoms with van der Waals surface area (Å²) >= 11 is 6.68. The Morgan fingerprint density at radius 1 is 0.947 bits per heavy atom. The van der Waals surface area contributed by atoms with E-state index in [0.29, 0.717) is 10.5 Å². The van der Waals surface area contributed by atoms with Gasteiger partial charge in [0, 0.05) is 8.95 Å². The van der Waals surface area contributed by atoms with Crippen molar-refractivity contribution in [2.24, 2.45) is 0 Å². The minimum absolute atomic E-state index is 0.300. The largest absolute Gasteiger partial charge is 0.223 e. The fraction of sp³-hybridized carbons (Fsp3) is 0.0714. The van der Waals surface area contributed by atoms with Gasteiger partial charge in [-0.25, -0.2) is 8.42 Å². The normalized spacial score (nSPS) is 11.5. The molecule has 0 atom stereocenters. The van der Waals surface area contributed by atoms with E-state index in [1.807, 2.05) is 13.0 Å². The zero-order chi connectivity index (χ0) is 14.0. The van der Waals surface area contributed by atoms with Gasteiger partial charge < -0.3 is 0 Å². The quantitative estimate of drug-likeness (QED) is 0.757. The van der Waals surface area contributed by atoms with Crippen molar-refractivity contribution in [3.05, 3.63) is 68.3 Å². The van der Waals surface area contributed by atoms with Crippen LogP contribution < -0.4 is 0 Å². The highest BCUT2D eigenvalue weighted by Crippen LogP contribution is 2.25. The maximum absolute atomic E-state index is 12.2. The molecule has 0 saturated carbocycles. The van der Waals surface area contributed by atoms with E-state index in [-0.39, 0.29) is 0 Å². The van der Waals surface area contributed by atoms with E-state index in [2.05, 4.69) is 31.9 Å². The molecule has 0 heterocycles. The van der Waals surface area contributed by atoms with Crippen molar-refractivity contribution in [2.45, 2.75) is 11.8 Å². The van der Waals surface area contributed by atoms with Crippen LogP contribution in [0.5, 0.6) is 0 Å². The van der Waals surface area contributed by atoms with Gasteiger partial charge in [0.25, 0.3) is 0 Å². The minimum Gasteiger partial charge on any atom is -0.223 e. The second-order valence-corrected chi connectivity index (χ2v) is 7.81. The highest BCUT2D eigenvalue weighted by Gasteiger charge is 2.16. The van der Waals surface area contributed by atoms with Crippen molar-refractivity contribution in [1.82, 2.24) is 0 Å². The molecule has 19 heavy (non-hydrogen) atoms. The molecule has 0 bridgehead atoms. The van der Waals surface area contributed by atoms with E-state index in [0.717, 1.165) is 14.5 Å². The van der Waals surface area contributed by atoms with Crippen LogP contribution in [0.4, 0.5) is 0 Å². The van der Waals surface area contributed by atoms with E-state index in [4.69, 9.17) is 0 Å². The molecule has 0 spiro atoms. The molecular weight excluding hydrogens is 392 g/mol. The van der Waals surface area contributed by atoms with Gasteiger partial charge in [-0.3, -0.25) is 0 Å². The molecule has 0 amide bonds. The zero-order valence-electron chi connectivity index (χ0n) is 10.1. The predicted octanol–water partition coefficient (Wildman–Crippen LogP) is 4.50. The first-order valence-electron chi connectivity index (χ1n) is 5.49. The Balaban J connectivity index is 2.33. The number of aryl methyl sites for hydroxylation is 1. The first-order chi connectivity index (χ1) is 8.87. The third-order valence-corrected chi connectivity index (χ3v) is 4.95. The molecule has 0 saturated heterocycles. The summed E-state index contributed by atoms with van der Waals surface area (Å²) in [5.74, 6) is 1.27. The lowest BCUT2D eigenvalue weighted by molar-refractivity contribution is 0.602. The third-order valence-electron chi connectivity index (χ3n) is 2.53. The van der Waals surface area contributed by atoms with Gasteiger partial charge >= 0.3 is 0 Å². The fourth-order valence-corrected chi connectivity index (χ4v) is 4.09. The van der Waals surface area contributed by atoms with Gasteiger partial charge in [-0.2, -0.15) is 0 Å². The molecule has 2 rings (SSSR count). The molecule has 1 radical (unpaired) electrons. The molecule has 99 valence electrons. The van der Waals surface area contributed by atoms with Gasteiger partial charge in [0.1, 0.15) is 5.75 Å². The summed E-state index contributed by atoms with van der Waals surface area (Å²) in [6.07, 6.45) is 0. The molecule has 2 nitrogen and oxygen atoms in total.